The van der Waals surface area contributed by atoms with Crippen LogP contribution in [0.4, 0.5) is 52.7 Å². The Hall–Kier alpha value is -4.02. The minimum Gasteiger partial charge on any atom is -0.465 e. The number of hydrogen-bond donors (Lipinski definition) is 1. The van der Waals surface area contributed by atoms with E-state index in [0.717, 1.165) is 56.6 Å². The quantitative estimate of drug-likeness (QED) is 0.0394. The van der Waals surface area contributed by atoms with Crippen molar-refractivity contribution in [1.82, 2.24) is 0 Å². The van der Waals surface area contributed by atoms with Crippen LogP contribution in [0.15, 0.2) is 163 Å². The molecule has 0 aliphatic carbocycles. The summed E-state index contributed by atoms with van der Waals surface area (Å²) in [6, 6.07) is 26.7. The molecular formula is C55H33Br8F12IO9. The molecule has 9 nitrogen and oxygen atoms in total. The van der Waals surface area contributed by atoms with E-state index >= 15 is 0 Å². The molecule has 1 N–H and O–H groups in total. The fraction of sp³-hybridized carbons (Fsp3) is 0.145. The Balaban J connectivity index is 0.000000289. The lowest BCUT2D eigenvalue weighted by molar-refractivity contribution is -0.138. The highest BCUT2D eigenvalue weighted by Gasteiger charge is 2.34. The van der Waals surface area contributed by atoms with Crippen molar-refractivity contribution in [2.75, 3.05) is 21.3 Å². The lowest BCUT2D eigenvalue weighted by atomic mass is 9.98. The fourth-order valence-electron chi connectivity index (χ4n) is 6.49. The molecule has 0 fully saturated rings. The van der Waals surface area contributed by atoms with Crippen molar-refractivity contribution in [3.8, 4) is 0 Å². The van der Waals surface area contributed by atoms with Crippen molar-refractivity contribution in [3.63, 3.8) is 0 Å². The van der Waals surface area contributed by atoms with Gasteiger partial charge in [-0.05, 0) is 161 Å². The molecule has 0 aliphatic heterocycles. The third-order valence-corrected chi connectivity index (χ3v) is 14.4. The van der Waals surface area contributed by atoms with E-state index in [0.29, 0.717) is 29.7 Å². The first-order chi connectivity index (χ1) is 39.2. The van der Waals surface area contributed by atoms with Crippen LogP contribution in [-0.4, -0.2) is 56.4 Å². The Labute approximate surface area is 556 Å². The number of hydrogen-bond acceptors (Lipinski definition) is 9. The van der Waals surface area contributed by atoms with Crippen LogP contribution >= 0.6 is 150 Å². The summed E-state index contributed by atoms with van der Waals surface area (Å²) < 4.78 is 168. The first kappa shape index (κ1) is 75.2. The zero-order chi connectivity index (χ0) is 64.7. The third kappa shape index (κ3) is 24.8. The summed E-state index contributed by atoms with van der Waals surface area (Å²) in [5, 5.41) is 10.4. The zero-order valence-corrected chi connectivity index (χ0v) is 57.3. The van der Waals surface area contributed by atoms with Crippen molar-refractivity contribution in [2.45, 2.75) is 30.8 Å². The van der Waals surface area contributed by atoms with Gasteiger partial charge >= 0.3 is 42.6 Å². The van der Waals surface area contributed by atoms with Crippen LogP contribution in [0.3, 0.4) is 0 Å². The Morgan fingerprint density at radius 1 is 0.388 bits per heavy atom. The lowest BCUT2D eigenvalue weighted by Gasteiger charge is -2.16. The van der Waals surface area contributed by atoms with Crippen LogP contribution in [-0.2, 0) is 38.9 Å². The van der Waals surface area contributed by atoms with Gasteiger partial charge in [0.1, 0.15) is 12.4 Å². The Kier molecular flexibility index (Phi) is 29.2. The molecule has 0 spiro atoms. The van der Waals surface area contributed by atoms with E-state index in [-0.39, 0.29) is 58.3 Å². The van der Waals surface area contributed by atoms with Gasteiger partial charge in [-0.3, -0.25) is 9.59 Å². The van der Waals surface area contributed by atoms with Gasteiger partial charge in [0.2, 0.25) is 0 Å². The number of carbonyl (C=O) groups is 5. The standard InChI is InChI=1S/C16H11Br2F3O3.C16H9Br2F3O3.C8H4BrF3O.C8H6BrIO2.C7H3Br2F3/c2*1-24-15(23)10-2-8(4-12(17)6-10)14(22)9-3-11(16(19,20)21)7-13(18)5-9;9-7-2-5(4-13)1-6(3-7)8(10,11)12;1-12-8(11)5-2-6(9)4-7(10)3-5;8-5-1-4(7(10,11)12)2-6(9)3-5/h2-7,14,22H,1H3;2-7H,1H3;1-4H;2-4H,1H3;1-3H. The monoisotopic (exact) mass is 1820 g/mol. The van der Waals surface area contributed by atoms with Gasteiger partial charge in [0.15, 0.2) is 5.78 Å². The average molecular weight is 1830 g/mol. The van der Waals surface area contributed by atoms with Crippen LogP contribution in [0.5, 0.6) is 0 Å². The SMILES string of the molecule is COC(=O)c1cc(Br)cc(C(=O)c2cc(Br)cc(C(F)(F)F)c2)c1.COC(=O)c1cc(Br)cc(C(O)c2cc(Br)cc(C(F)(F)F)c2)c1.COC(=O)c1cc(Br)cc(I)c1.FC(F)(F)c1cc(Br)cc(Br)c1.O=Cc1cc(Br)cc(C(F)(F)F)c1. The molecule has 0 radical (unpaired) electrons. The number of aldehydes is 1. The highest BCUT2D eigenvalue weighted by molar-refractivity contribution is 14.1. The van der Waals surface area contributed by atoms with E-state index in [1.807, 2.05) is 6.07 Å². The third-order valence-electron chi connectivity index (χ3n) is 10.1. The zero-order valence-electron chi connectivity index (χ0n) is 42.4. The van der Waals surface area contributed by atoms with Gasteiger partial charge in [-0.1, -0.05) is 127 Å². The molecule has 7 aromatic rings. The number of alkyl halides is 12. The molecular weight excluding hydrogens is 1800 g/mol. The first-order valence-corrected chi connectivity index (χ1v) is 29.8. The molecule has 30 heteroatoms. The molecule has 1 atom stereocenters. The Morgan fingerprint density at radius 2 is 0.682 bits per heavy atom. The van der Waals surface area contributed by atoms with Gasteiger partial charge in [-0.25, -0.2) is 14.4 Å². The second-order valence-electron chi connectivity index (χ2n) is 16.4. The number of rotatable bonds is 8. The molecule has 7 rings (SSSR count). The Morgan fingerprint density at radius 3 is 1.09 bits per heavy atom. The van der Waals surface area contributed by atoms with Crippen LogP contribution in [0, 0.1) is 3.57 Å². The van der Waals surface area contributed by atoms with Crippen molar-refractivity contribution < 1.29 is 96.0 Å². The highest BCUT2D eigenvalue weighted by Crippen LogP contribution is 2.38. The number of aliphatic hydroxyl groups excluding tert-OH is 1. The number of halogens is 21. The summed E-state index contributed by atoms with van der Waals surface area (Å²) in [7, 11) is 3.77. The van der Waals surface area contributed by atoms with Crippen molar-refractivity contribution >= 4 is 180 Å². The van der Waals surface area contributed by atoms with Crippen molar-refractivity contribution in [3.05, 3.63) is 234 Å². The number of methoxy groups -OCH3 is 3. The number of ether oxygens (including phenoxy) is 3. The maximum Gasteiger partial charge on any atom is 0.416 e. The molecule has 454 valence electrons. The van der Waals surface area contributed by atoms with E-state index in [1.54, 1.807) is 18.2 Å². The molecule has 0 aromatic heterocycles. The van der Waals surface area contributed by atoms with Gasteiger partial charge in [0.25, 0.3) is 0 Å². The predicted molar refractivity (Wildman–Crippen MR) is 326 cm³/mol. The molecule has 0 saturated heterocycles. The maximum absolute atomic E-state index is 12.9. The summed E-state index contributed by atoms with van der Waals surface area (Å²) in [6.07, 6.45) is -18.8. The normalized spacial score (nSPS) is 11.5. The van der Waals surface area contributed by atoms with Gasteiger partial charge in [-0.2, -0.15) is 52.7 Å². The number of aliphatic hydroxyl groups is 1. The average Bonchev–Trinajstić information content (AvgIpc) is 2.51. The van der Waals surface area contributed by atoms with E-state index in [2.05, 4.69) is 164 Å². The Bertz CT molecular complexity index is 3520. The number of esters is 3. The summed E-state index contributed by atoms with van der Waals surface area (Å²) in [5.74, 6) is -2.23. The molecule has 0 saturated carbocycles. The van der Waals surface area contributed by atoms with Gasteiger partial charge in [-0.15, -0.1) is 0 Å². The maximum atomic E-state index is 12.9. The lowest BCUT2D eigenvalue weighted by Crippen LogP contribution is -2.10. The molecule has 1 unspecified atom stereocenters. The topological polar surface area (TPSA) is 133 Å². The van der Waals surface area contributed by atoms with Crippen molar-refractivity contribution in [1.29, 1.82) is 0 Å². The number of ketones is 1. The van der Waals surface area contributed by atoms with E-state index in [4.69, 9.17) is 0 Å². The summed E-state index contributed by atoms with van der Waals surface area (Å²) in [6.45, 7) is 0. The number of carbonyl (C=O) groups excluding carboxylic acids is 5. The van der Waals surface area contributed by atoms with E-state index < -0.39 is 70.8 Å². The second-order valence-corrected chi connectivity index (χ2v) is 25.0. The summed E-state index contributed by atoms with van der Waals surface area (Å²) in [4.78, 5) is 57.1. The molecule has 0 heterocycles. The fourth-order valence-corrected chi connectivity index (χ4v) is 11.9. The summed E-state index contributed by atoms with van der Waals surface area (Å²) in [5.41, 5.74) is -2.24. The van der Waals surface area contributed by atoms with Gasteiger partial charge < -0.3 is 19.3 Å². The second kappa shape index (κ2) is 33.0. The molecule has 0 amide bonds. The highest BCUT2D eigenvalue weighted by atomic mass is 127. The molecule has 0 bridgehead atoms. The van der Waals surface area contributed by atoms with Gasteiger partial charge in [0, 0.05) is 56.0 Å². The minimum atomic E-state index is -4.58. The minimum absolute atomic E-state index is 0.00157. The summed E-state index contributed by atoms with van der Waals surface area (Å²) >= 11 is 26.6. The molecule has 0 aliphatic rings. The molecule has 85 heavy (non-hydrogen) atoms. The van der Waals surface area contributed by atoms with E-state index in [1.165, 1.54) is 75.9 Å². The largest absolute Gasteiger partial charge is 0.465 e. The first-order valence-electron chi connectivity index (χ1n) is 22.4. The van der Waals surface area contributed by atoms with Gasteiger partial charge in [0.05, 0.1) is 60.3 Å². The van der Waals surface area contributed by atoms with Crippen LogP contribution in [0.1, 0.15) is 96.8 Å². The smallest absolute Gasteiger partial charge is 0.416 e. The molecule has 7 aromatic carbocycles. The van der Waals surface area contributed by atoms with Crippen LogP contribution in [0.25, 0.3) is 0 Å². The predicted octanol–water partition coefficient (Wildman–Crippen LogP) is 20.7. The van der Waals surface area contributed by atoms with Crippen LogP contribution in [0.2, 0.25) is 0 Å². The number of benzene rings is 7. The van der Waals surface area contributed by atoms with Crippen LogP contribution < -0.4 is 0 Å². The van der Waals surface area contributed by atoms with Crippen molar-refractivity contribution in [2.24, 2.45) is 0 Å². The van der Waals surface area contributed by atoms with E-state index in [9.17, 15) is 81.8 Å².